The lowest BCUT2D eigenvalue weighted by atomic mass is 10.1. The van der Waals surface area contributed by atoms with Gasteiger partial charge in [0, 0.05) is 5.56 Å². The first-order chi connectivity index (χ1) is 15.2. The Labute approximate surface area is 180 Å². The molecule has 0 spiro atoms. The van der Waals surface area contributed by atoms with Gasteiger partial charge in [-0.2, -0.15) is 10.2 Å². The summed E-state index contributed by atoms with van der Waals surface area (Å²) in [7, 11) is 0. The van der Waals surface area contributed by atoms with Gasteiger partial charge in [0.1, 0.15) is 18.1 Å². The fourth-order valence-corrected chi connectivity index (χ4v) is 2.99. The number of amides is 1. The number of aromatic nitrogens is 2. The zero-order chi connectivity index (χ0) is 21.5. The van der Waals surface area contributed by atoms with Crippen LogP contribution in [0.4, 0.5) is 0 Å². The van der Waals surface area contributed by atoms with Gasteiger partial charge in [-0.15, -0.1) is 0 Å². The van der Waals surface area contributed by atoms with Crippen LogP contribution in [0.3, 0.4) is 0 Å². The van der Waals surface area contributed by atoms with E-state index in [4.69, 9.17) is 4.74 Å². The molecule has 6 nitrogen and oxygen atoms in total. The molecule has 4 rings (SSSR count). The summed E-state index contributed by atoms with van der Waals surface area (Å²) < 4.78 is 5.99. The number of nitrogens with zero attached hydrogens (tertiary/aromatic N) is 2. The van der Waals surface area contributed by atoms with Crippen LogP contribution in [0.2, 0.25) is 0 Å². The lowest BCUT2D eigenvalue weighted by Gasteiger charge is -2.10. The number of H-pyrrole nitrogens is 1. The Morgan fingerprint density at radius 1 is 1.03 bits per heavy atom. The lowest BCUT2D eigenvalue weighted by molar-refractivity contribution is 0.0950. The van der Waals surface area contributed by atoms with Crippen molar-refractivity contribution in [3.63, 3.8) is 0 Å². The van der Waals surface area contributed by atoms with Crippen LogP contribution in [0.5, 0.6) is 5.75 Å². The first-order valence-corrected chi connectivity index (χ1v) is 9.90. The Morgan fingerprint density at radius 2 is 1.77 bits per heavy atom. The molecule has 0 bridgehead atoms. The number of hydrogen-bond donors (Lipinski definition) is 2. The summed E-state index contributed by atoms with van der Waals surface area (Å²) in [4.78, 5) is 12.4. The van der Waals surface area contributed by atoms with Gasteiger partial charge < -0.3 is 4.74 Å². The maximum absolute atomic E-state index is 12.4. The van der Waals surface area contributed by atoms with Crippen LogP contribution in [-0.4, -0.2) is 22.3 Å². The highest BCUT2D eigenvalue weighted by Crippen LogP contribution is 2.29. The summed E-state index contributed by atoms with van der Waals surface area (Å²) in [5, 5.41) is 11.1. The fraction of sp³-hybridized carbons (Fsp3) is 0.0800. The minimum absolute atomic E-state index is 0.314. The Bertz CT molecular complexity index is 1180. The molecule has 3 aromatic carbocycles. The molecule has 4 aromatic rings. The van der Waals surface area contributed by atoms with E-state index < -0.39 is 0 Å². The molecule has 0 fully saturated rings. The maximum Gasteiger partial charge on any atom is 0.289 e. The van der Waals surface area contributed by atoms with Gasteiger partial charge in [-0.3, -0.25) is 9.89 Å². The minimum atomic E-state index is -0.371. The standard InChI is InChI=1S/C25H22N4O2/c1-18-11-13-19(14-12-18)16-26-29-25(30)23-15-22(27-28-23)21-9-5-6-10-24(21)31-17-20-7-3-2-4-8-20/h2-16H,17H2,1H3,(H,27,28)(H,29,30). The minimum Gasteiger partial charge on any atom is -0.488 e. The number of ether oxygens (including phenoxy) is 1. The van der Waals surface area contributed by atoms with E-state index in [-0.39, 0.29) is 5.91 Å². The Kier molecular flexibility index (Phi) is 6.18. The summed E-state index contributed by atoms with van der Waals surface area (Å²) in [5.74, 6) is 0.326. The Hall–Kier alpha value is -4.19. The van der Waals surface area contributed by atoms with Crippen molar-refractivity contribution < 1.29 is 9.53 Å². The Morgan fingerprint density at radius 3 is 2.58 bits per heavy atom. The first kappa shape index (κ1) is 20.1. The van der Waals surface area contributed by atoms with Crippen LogP contribution in [-0.2, 0) is 6.61 Å². The summed E-state index contributed by atoms with van der Waals surface area (Å²) in [6.45, 7) is 2.47. The van der Waals surface area contributed by atoms with Crippen LogP contribution in [0.15, 0.2) is 90.0 Å². The zero-order valence-corrected chi connectivity index (χ0v) is 17.1. The molecule has 0 aliphatic rings. The van der Waals surface area contributed by atoms with Gasteiger partial charge in [-0.05, 0) is 36.2 Å². The van der Waals surface area contributed by atoms with E-state index in [0.29, 0.717) is 23.7 Å². The van der Waals surface area contributed by atoms with Crippen LogP contribution in [0, 0.1) is 6.92 Å². The average molecular weight is 410 g/mol. The molecule has 0 aliphatic carbocycles. The van der Waals surface area contributed by atoms with Gasteiger partial charge >= 0.3 is 0 Å². The largest absolute Gasteiger partial charge is 0.488 e. The fourth-order valence-electron chi connectivity index (χ4n) is 2.99. The molecule has 2 N–H and O–H groups in total. The van der Waals surface area contributed by atoms with Crippen LogP contribution in [0.25, 0.3) is 11.3 Å². The predicted molar refractivity (Wildman–Crippen MR) is 121 cm³/mol. The number of hydrazone groups is 1. The summed E-state index contributed by atoms with van der Waals surface area (Å²) >= 11 is 0. The van der Waals surface area contributed by atoms with Crippen molar-refractivity contribution in [1.29, 1.82) is 0 Å². The second kappa shape index (κ2) is 9.54. The molecule has 154 valence electrons. The predicted octanol–water partition coefficient (Wildman–Crippen LogP) is 4.73. The van der Waals surface area contributed by atoms with E-state index in [1.807, 2.05) is 85.8 Å². The van der Waals surface area contributed by atoms with E-state index in [9.17, 15) is 4.79 Å². The van der Waals surface area contributed by atoms with Crippen molar-refractivity contribution in [3.8, 4) is 17.0 Å². The second-order valence-electron chi connectivity index (χ2n) is 7.05. The molecular formula is C25H22N4O2. The SMILES string of the molecule is Cc1ccc(C=NNC(=O)c2cc(-c3ccccc3OCc3ccccc3)n[nH]2)cc1. The molecule has 0 saturated carbocycles. The van der Waals surface area contributed by atoms with Crippen molar-refractivity contribution in [2.24, 2.45) is 5.10 Å². The topological polar surface area (TPSA) is 79.4 Å². The molecular weight excluding hydrogens is 388 g/mol. The molecule has 31 heavy (non-hydrogen) atoms. The number of carbonyl (C=O) groups excluding carboxylic acids is 1. The highest BCUT2D eigenvalue weighted by Gasteiger charge is 2.13. The highest BCUT2D eigenvalue weighted by atomic mass is 16.5. The number of para-hydroxylation sites is 1. The first-order valence-electron chi connectivity index (χ1n) is 9.90. The number of benzene rings is 3. The maximum atomic E-state index is 12.4. The third kappa shape index (κ3) is 5.25. The average Bonchev–Trinajstić information content (AvgIpc) is 3.30. The molecule has 0 unspecified atom stereocenters. The van der Waals surface area contributed by atoms with Crippen LogP contribution >= 0.6 is 0 Å². The molecule has 0 aliphatic heterocycles. The van der Waals surface area contributed by atoms with Gasteiger partial charge in [0.15, 0.2) is 0 Å². The Balaban J connectivity index is 1.43. The number of aromatic amines is 1. The summed E-state index contributed by atoms with van der Waals surface area (Å²) in [6, 6.07) is 27.1. The smallest absolute Gasteiger partial charge is 0.289 e. The number of rotatable bonds is 7. The molecule has 0 atom stereocenters. The quantitative estimate of drug-likeness (QED) is 0.342. The van der Waals surface area contributed by atoms with E-state index in [0.717, 1.165) is 16.7 Å². The molecule has 1 amide bonds. The number of aryl methyl sites for hydroxylation is 1. The number of hydrogen-bond acceptors (Lipinski definition) is 4. The third-order valence-corrected chi connectivity index (χ3v) is 4.68. The van der Waals surface area contributed by atoms with E-state index >= 15 is 0 Å². The zero-order valence-electron chi connectivity index (χ0n) is 17.1. The van der Waals surface area contributed by atoms with E-state index in [1.165, 1.54) is 5.56 Å². The van der Waals surface area contributed by atoms with Gasteiger partial charge in [0.05, 0.1) is 11.9 Å². The van der Waals surface area contributed by atoms with Crippen LogP contribution in [0.1, 0.15) is 27.2 Å². The van der Waals surface area contributed by atoms with Gasteiger partial charge in [0.25, 0.3) is 5.91 Å². The van der Waals surface area contributed by atoms with Crippen molar-refractivity contribution in [3.05, 3.63) is 107 Å². The summed E-state index contributed by atoms with van der Waals surface area (Å²) in [6.07, 6.45) is 1.60. The third-order valence-electron chi connectivity index (χ3n) is 4.68. The van der Waals surface area contributed by atoms with Crippen molar-refractivity contribution in [2.45, 2.75) is 13.5 Å². The van der Waals surface area contributed by atoms with Gasteiger partial charge in [-0.1, -0.05) is 72.3 Å². The van der Waals surface area contributed by atoms with Crippen molar-refractivity contribution in [1.82, 2.24) is 15.6 Å². The highest BCUT2D eigenvalue weighted by molar-refractivity contribution is 5.94. The second-order valence-corrected chi connectivity index (χ2v) is 7.05. The summed E-state index contributed by atoms with van der Waals surface area (Å²) in [5.41, 5.74) is 7.40. The van der Waals surface area contributed by atoms with Gasteiger partial charge in [-0.25, -0.2) is 5.43 Å². The molecule has 0 radical (unpaired) electrons. The van der Waals surface area contributed by atoms with E-state index in [2.05, 4.69) is 20.7 Å². The molecule has 0 saturated heterocycles. The number of nitrogens with one attached hydrogen (secondary N) is 2. The molecule has 1 aromatic heterocycles. The van der Waals surface area contributed by atoms with Crippen molar-refractivity contribution >= 4 is 12.1 Å². The molecule has 1 heterocycles. The monoisotopic (exact) mass is 410 g/mol. The number of carbonyl (C=O) groups is 1. The van der Waals surface area contributed by atoms with E-state index in [1.54, 1.807) is 12.3 Å². The van der Waals surface area contributed by atoms with Crippen LogP contribution < -0.4 is 10.2 Å². The lowest BCUT2D eigenvalue weighted by Crippen LogP contribution is -2.17. The van der Waals surface area contributed by atoms with Gasteiger partial charge in [0.2, 0.25) is 0 Å². The normalized spacial score (nSPS) is 10.9. The molecule has 6 heteroatoms. The van der Waals surface area contributed by atoms with Crippen molar-refractivity contribution in [2.75, 3.05) is 0 Å².